The predicted octanol–water partition coefficient (Wildman–Crippen LogP) is 0.896. The molecule has 1 amide bonds. The Hall–Kier alpha value is -2.09. The molecule has 6 N–H and O–H groups in total. The van der Waals surface area contributed by atoms with E-state index in [0.717, 1.165) is 12.1 Å². The minimum atomic E-state index is -4.59. The maximum atomic E-state index is 11.9. The number of nitrogen functional groups attached to an aromatic ring is 1. The molecule has 0 bridgehead atoms. The Morgan fingerprint density at radius 3 is 2.12 bits per heavy atom. The summed E-state index contributed by atoms with van der Waals surface area (Å²) in [4.78, 5) is 41.9. The molecular formula is C14H21N2O7P. The van der Waals surface area contributed by atoms with Crippen LogP contribution in [0, 0.1) is 0 Å². The van der Waals surface area contributed by atoms with Crippen LogP contribution in [0.1, 0.15) is 33.3 Å². The largest absolute Gasteiger partial charge is 0.479 e. The number of aliphatic carboxylic acids is 1. The van der Waals surface area contributed by atoms with Crippen LogP contribution in [0.5, 0.6) is 0 Å². The smallest absolute Gasteiger partial charge is 0.408 e. The number of rotatable bonds is 4. The van der Waals surface area contributed by atoms with Crippen molar-refractivity contribution < 1.29 is 33.8 Å². The van der Waals surface area contributed by atoms with E-state index in [1.54, 1.807) is 20.8 Å². The van der Waals surface area contributed by atoms with E-state index < -0.39 is 36.1 Å². The zero-order valence-electron chi connectivity index (χ0n) is 13.7. The van der Waals surface area contributed by atoms with Crippen LogP contribution in [0.4, 0.5) is 10.5 Å². The predicted molar refractivity (Wildman–Crippen MR) is 86.9 cm³/mol. The second kappa shape index (κ2) is 6.43. The van der Waals surface area contributed by atoms with Gasteiger partial charge < -0.3 is 30.7 Å². The van der Waals surface area contributed by atoms with Crippen molar-refractivity contribution in [3.63, 3.8) is 0 Å². The number of carbonyl (C=O) groups excluding carboxylic acids is 1. The van der Waals surface area contributed by atoms with Crippen LogP contribution in [0.25, 0.3) is 0 Å². The summed E-state index contributed by atoms with van der Waals surface area (Å²) in [7, 11) is -4.59. The van der Waals surface area contributed by atoms with Crippen molar-refractivity contribution in [3.8, 4) is 0 Å². The van der Waals surface area contributed by atoms with E-state index in [2.05, 4.69) is 5.32 Å². The number of carboxylic acid groups (broad SMARTS) is 1. The number of anilines is 1. The number of amides is 1. The lowest BCUT2D eigenvalue weighted by Gasteiger charge is -2.29. The summed E-state index contributed by atoms with van der Waals surface area (Å²) in [6.07, 6.45) is -0.954. The maximum Gasteiger partial charge on any atom is 0.408 e. The van der Waals surface area contributed by atoms with Crippen molar-refractivity contribution in [2.75, 3.05) is 5.73 Å². The summed E-state index contributed by atoms with van der Waals surface area (Å²) in [5.41, 5.74) is 2.64. The van der Waals surface area contributed by atoms with Crippen molar-refractivity contribution in [2.45, 2.75) is 38.8 Å². The molecule has 24 heavy (non-hydrogen) atoms. The Bertz CT molecular complexity index is 708. The highest BCUT2D eigenvalue weighted by molar-refractivity contribution is 7.60. The topological polar surface area (TPSA) is 159 Å². The van der Waals surface area contributed by atoms with Crippen molar-refractivity contribution in [2.24, 2.45) is 0 Å². The van der Waals surface area contributed by atoms with Crippen LogP contribution >= 0.6 is 7.60 Å². The van der Waals surface area contributed by atoms with Gasteiger partial charge in [-0.2, -0.15) is 0 Å². The molecule has 10 heteroatoms. The maximum absolute atomic E-state index is 11.9. The number of hydrogen-bond donors (Lipinski definition) is 5. The fourth-order valence-electron chi connectivity index (χ4n) is 1.89. The molecule has 9 nitrogen and oxygen atoms in total. The van der Waals surface area contributed by atoms with E-state index in [1.165, 1.54) is 13.0 Å². The molecular weight excluding hydrogens is 339 g/mol. The van der Waals surface area contributed by atoms with Gasteiger partial charge in [0.2, 0.25) is 0 Å². The average Bonchev–Trinajstić information content (AvgIpc) is 2.33. The van der Waals surface area contributed by atoms with Gasteiger partial charge in [0.25, 0.3) is 0 Å². The van der Waals surface area contributed by atoms with Crippen molar-refractivity contribution in [1.29, 1.82) is 0 Å². The third-order valence-electron chi connectivity index (χ3n) is 3.10. The van der Waals surface area contributed by atoms with E-state index >= 15 is 0 Å². The number of carbonyl (C=O) groups is 2. The Morgan fingerprint density at radius 2 is 1.75 bits per heavy atom. The first-order valence-corrected chi connectivity index (χ1v) is 8.49. The van der Waals surface area contributed by atoms with Gasteiger partial charge in [0.15, 0.2) is 5.54 Å². The second-order valence-corrected chi connectivity index (χ2v) is 7.94. The molecule has 134 valence electrons. The molecule has 0 aliphatic rings. The molecule has 0 aliphatic heterocycles. The zero-order chi connectivity index (χ0) is 18.9. The molecule has 0 saturated carbocycles. The number of alkyl carbamates (subject to hydrolysis) is 1. The Morgan fingerprint density at radius 1 is 1.21 bits per heavy atom. The van der Waals surface area contributed by atoms with E-state index in [0.29, 0.717) is 0 Å². The number of hydrogen-bond acceptors (Lipinski definition) is 5. The van der Waals surface area contributed by atoms with Crippen LogP contribution in [0.2, 0.25) is 0 Å². The summed E-state index contributed by atoms with van der Waals surface area (Å²) in [5.74, 6) is -1.39. The number of carboxylic acids is 1. The number of nitrogens with one attached hydrogen (secondary N) is 1. The SMILES string of the molecule is CC(C)(C)OC(=O)NC(C)(C(=O)O)c1ccc(P(=O)(O)O)c(N)c1. The lowest BCUT2D eigenvalue weighted by atomic mass is 9.92. The average molecular weight is 360 g/mol. The highest BCUT2D eigenvalue weighted by Gasteiger charge is 2.39. The first-order valence-electron chi connectivity index (χ1n) is 6.87. The molecule has 1 aromatic carbocycles. The van der Waals surface area contributed by atoms with Crippen molar-refractivity contribution >= 4 is 30.7 Å². The molecule has 1 rings (SSSR count). The Kier molecular flexibility index (Phi) is 5.34. The highest BCUT2D eigenvalue weighted by Crippen LogP contribution is 2.37. The third-order valence-corrected chi connectivity index (χ3v) is 4.13. The lowest BCUT2D eigenvalue weighted by Crippen LogP contribution is -2.51. The van der Waals surface area contributed by atoms with Gasteiger partial charge in [-0.3, -0.25) is 4.57 Å². The number of ether oxygens (including phenoxy) is 1. The Labute approximate surface area is 139 Å². The van der Waals surface area contributed by atoms with Gasteiger partial charge in [-0.1, -0.05) is 6.07 Å². The van der Waals surface area contributed by atoms with Gasteiger partial charge in [0, 0.05) is 5.69 Å². The van der Waals surface area contributed by atoms with E-state index in [4.69, 9.17) is 10.5 Å². The molecule has 0 fully saturated rings. The summed E-state index contributed by atoms with van der Waals surface area (Å²) < 4.78 is 16.3. The summed E-state index contributed by atoms with van der Waals surface area (Å²) in [5, 5.41) is 11.3. The van der Waals surface area contributed by atoms with Crippen LogP contribution < -0.4 is 16.4 Å². The first-order chi connectivity index (χ1) is 10.7. The summed E-state index contributed by atoms with van der Waals surface area (Å²) in [6, 6.07) is 3.31. The minimum Gasteiger partial charge on any atom is -0.479 e. The molecule has 1 atom stereocenters. The summed E-state index contributed by atoms with van der Waals surface area (Å²) in [6.45, 7) is 6.08. The second-order valence-electron chi connectivity index (χ2n) is 6.37. The standard InChI is InChI=1S/C14H21N2O7P/c1-13(2,3)23-12(19)16-14(4,11(17)18)8-5-6-10(9(15)7-8)24(20,21)22/h5-7H,15H2,1-4H3,(H,16,19)(H,17,18)(H2,20,21,22). The monoisotopic (exact) mass is 360 g/mol. The van der Waals surface area contributed by atoms with Gasteiger partial charge in [0.05, 0.1) is 5.30 Å². The Balaban J connectivity index is 3.25. The van der Waals surface area contributed by atoms with E-state index in [1.807, 2.05) is 0 Å². The van der Waals surface area contributed by atoms with Crippen LogP contribution in [0.3, 0.4) is 0 Å². The molecule has 1 aromatic rings. The molecule has 0 aliphatic carbocycles. The number of nitrogens with two attached hydrogens (primary N) is 1. The van der Waals surface area contributed by atoms with Gasteiger partial charge in [-0.25, -0.2) is 9.59 Å². The zero-order valence-corrected chi connectivity index (χ0v) is 14.6. The summed E-state index contributed by atoms with van der Waals surface area (Å²) >= 11 is 0. The van der Waals surface area contributed by atoms with Crippen LogP contribution in [-0.4, -0.2) is 32.6 Å². The van der Waals surface area contributed by atoms with Gasteiger partial charge >= 0.3 is 19.7 Å². The normalized spacial score (nSPS) is 14.6. The number of benzene rings is 1. The molecule has 0 aromatic heterocycles. The van der Waals surface area contributed by atoms with E-state index in [-0.39, 0.29) is 11.3 Å². The van der Waals surface area contributed by atoms with Crippen molar-refractivity contribution in [3.05, 3.63) is 23.8 Å². The van der Waals surface area contributed by atoms with Crippen LogP contribution in [0.15, 0.2) is 18.2 Å². The highest BCUT2D eigenvalue weighted by atomic mass is 31.2. The molecule has 0 spiro atoms. The van der Waals surface area contributed by atoms with Gasteiger partial charge in [0.1, 0.15) is 5.60 Å². The third kappa shape index (κ3) is 4.70. The van der Waals surface area contributed by atoms with Gasteiger partial charge in [-0.15, -0.1) is 0 Å². The fourth-order valence-corrected chi connectivity index (χ4v) is 2.56. The molecule has 0 saturated heterocycles. The fraction of sp³-hybridized carbons (Fsp3) is 0.429. The van der Waals surface area contributed by atoms with E-state index in [9.17, 15) is 29.0 Å². The quantitative estimate of drug-likeness (QED) is 0.391. The minimum absolute atomic E-state index is 0.0376. The van der Waals surface area contributed by atoms with Gasteiger partial charge in [-0.05, 0) is 45.4 Å². The molecule has 0 radical (unpaired) electrons. The first kappa shape index (κ1) is 20.0. The lowest BCUT2D eigenvalue weighted by molar-refractivity contribution is -0.144. The molecule has 0 heterocycles. The molecule has 1 unspecified atom stereocenters. The van der Waals surface area contributed by atoms with Crippen LogP contribution in [-0.2, 0) is 19.6 Å². The van der Waals surface area contributed by atoms with Crippen molar-refractivity contribution in [1.82, 2.24) is 5.32 Å².